The van der Waals surface area contributed by atoms with E-state index in [0.29, 0.717) is 55.1 Å². The van der Waals surface area contributed by atoms with Gasteiger partial charge in [-0.25, -0.2) is 29.1 Å². The minimum atomic E-state index is -2.61. The summed E-state index contributed by atoms with van der Waals surface area (Å²) in [5.74, 6) is 0.517. The Hall–Kier alpha value is -7.18. The Morgan fingerprint density at radius 2 is 1.26 bits per heavy atom. The zero-order valence-electron chi connectivity index (χ0n) is 48.9. The molecular formula is C64H84N8O8Si. The fourth-order valence-corrected chi connectivity index (χ4v) is 11.0. The Bertz CT molecular complexity index is 3000. The van der Waals surface area contributed by atoms with Crippen LogP contribution < -0.4 is 10.6 Å². The second kappa shape index (κ2) is 29.5. The first-order chi connectivity index (χ1) is 38.8. The van der Waals surface area contributed by atoms with Crippen LogP contribution in [0.5, 0.6) is 0 Å². The highest BCUT2D eigenvalue weighted by atomic mass is 28.4. The van der Waals surface area contributed by atoms with Gasteiger partial charge in [-0.1, -0.05) is 177 Å². The number of benzene rings is 4. The molecule has 0 fully saturated rings. The third-order valence-corrected chi connectivity index (χ3v) is 19.4. The van der Waals surface area contributed by atoms with Crippen molar-refractivity contribution >= 4 is 26.4 Å². The number of ether oxygens (including phenoxy) is 4. The van der Waals surface area contributed by atoms with E-state index in [1.54, 1.807) is 18.6 Å². The summed E-state index contributed by atoms with van der Waals surface area (Å²) in [5.41, 5.74) is 4.72. The summed E-state index contributed by atoms with van der Waals surface area (Å²) < 4.78 is 35.3. The smallest absolute Gasteiger partial charge is 0.420 e. The quantitative estimate of drug-likeness (QED) is 0.0379. The van der Waals surface area contributed by atoms with Gasteiger partial charge in [-0.3, -0.25) is 4.79 Å². The maximum Gasteiger partial charge on any atom is 0.420 e. The highest BCUT2D eigenvalue weighted by Gasteiger charge is 2.43. The molecule has 0 spiro atoms. The maximum atomic E-state index is 15.0. The average Bonchev–Trinajstić information content (AvgIpc) is 4.39. The Balaban J connectivity index is 1.12. The van der Waals surface area contributed by atoms with Crippen molar-refractivity contribution in [2.24, 2.45) is 23.7 Å². The molecule has 6 atom stereocenters. The van der Waals surface area contributed by atoms with Crippen LogP contribution >= 0.6 is 0 Å². The number of amides is 2. The van der Waals surface area contributed by atoms with Crippen LogP contribution in [0.1, 0.15) is 126 Å². The Morgan fingerprint density at radius 1 is 0.679 bits per heavy atom. The van der Waals surface area contributed by atoms with Crippen molar-refractivity contribution in [2.45, 2.75) is 157 Å². The largest absolute Gasteiger partial charge is 0.438 e. The van der Waals surface area contributed by atoms with Crippen LogP contribution in [0.2, 0.25) is 18.1 Å². The van der Waals surface area contributed by atoms with E-state index in [4.69, 9.17) is 28.4 Å². The molecule has 2 amide bonds. The number of nitrogens with one attached hydrogen (secondary N) is 3. The molecule has 432 valence electrons. The van der Waals surface area contributed by atoms with Gasteiger partial charge in [0.1, 0.15) is 18.4 Å². The minimum absolute atomic E-state index is 0.0730. The van der Waals surface area contributed by atoms with Crippen molar-refractivity contribution < 1.29 is 37.8 Å². The predicted octanol–water partition coefficient (Wildman–Crippen LogP) is 13.1. The third kappa shape index (κ3) is 18.4. The summed E-state index contributed by atoms with van der Waals surface area (Å²) in [6, 6.07) is 39.0. The lowest BCUT2D eigenvalue weighted by atomic mass is 9.88. The zero-order valence-corrected chi connectivity index (χ0v) is 49.9. The number of rotatable bonds is 29. The van der Waals surface area contributed by atoms with Gasteiger partial charge in [0.05, 0.1) is 44.2 Å². The second-order valence-electron chi connectivity index (χ2n) is 23.4. The molecular weight excluding hydrogens is 1040 g/mol. The fourth-order valence-electron chi connectivity index (χ4n) is 9.63. The number of carbonyl (C=O) groups excluding carboxylic acids is 3. The van der Waals surface area contributed by atoms with Gasteiger partial charge >= 0.3 is 12.2 Å². The van der Waals surface area contributed by atoms with Crippen LogP contribution in [0.15, 0.2) is 152 Å². The van der Waals surface area contributed by atoms with Gasteiger partial charge in [0.15, 0.2) is 26.3 Å². The van der Waals surface area contributed by atoms with Crippen LogP contribution in [0.4, 0.5) is 9.59 Å². The first-order valence-corrected chi connectivity index (χ1v) is 31.3. The molecule has 3 N–H and O–H groups in total. The lowest BCUT2D eigenvalue weighted by Crippen LogP contribution is -2.54. The van der Waals surface area contributed by atoms with Crippen LogP contribution in [0.3, 0.4) is 0 Å². The lowest BCUT2D eigenvalue weighted by molar-refractivity contribution is -0.126. The molecule has 3 unspecified atom stereocenters. The molecule has 17 heteroatoms. The van der Waals surface area contributed by atoms with Crippen molar-refractivity contribution in [1.29, 1.82) is 0 Å². The number of imidazole rings is 3. The fraction of sp³-hybridized carbons (Fsp3) is 0.438. The van der Waals surface area contributed by atoms with Gasteiger partial charge in [0.2, 0.25) is 5.91 Å². The van der Waals surface area contributed by atoms with Gasteiger partial charge in [-0.15, -0.1) is 0 Å². The number of hydrogen-bond donors (Lipinski definition) is 3. The van der Waals surface area contributed by atoms with E-state index in [9.17, 15) is 9.59 Å². The van der Waals surface area contributed by atoms with E-state index in [2.05, 4.69) is 80.2 Å². The summed E-state index contributed by atoms with van der Waals surface area (Å²) in [7, 11) is -2.61. The molecule has 0 aliphatic rings. The molecule has 81 heavy (non-hydrogen) atoms. The van der Waals surface area contributed by atoms with E-state index >= 15 is 4.79 Å². The second-order valence-corrected chi connectivity index (χ2v) is 28.1. The van der Waals surface area contributed by atoms with Crippen LogP contribution in [-0.2, 0) is 74.1 Å². The summed E-state index contributed by atoms with van der Waals surface area (Å²) in [5, 5.41) is 6.18. The van der Waals surface area contributed by atoms with Gasteiger partial charge in [0.25, 0.3) is 0 Å². The van der Waals surface area contributed by atoms with Gasteiger partial charge in [0, 0.05) is 42.8 Å². The molecule has 0 saturated heterocycles. The predicted molar refractivity (Wildman–Crippen MR) is 316 cm³/mol. The van der Waals surface area contributed by atoms with E-state index < -0.39 is 50.8 Å². The van der Waals surface area contributed by atoms with Crippen LogP contribution in [0.25, 0.3) is 0 Å². The Kier molecular flexibility index (Phi) is 22.4. The minimum Gasteiger partial charge on any atom is -0.438 e. The molecule has 16 nitrogen and oxygen atoms in total. The molecule has 7 aromatic rings. The topological polar surface area (TPSA) is 186 Å². The van der Waals surface area contributed by atoms with Gasteiger partial charge in [-0.2, -0.15) is 0 Å². The summed E-state index contributed by atoms with van der Waals surface area (Å²) in [4.78, 5) is 61.1. The van der Waals surface area contributed by atoms with Crippen molar-refractivity contribution in [2.75, 3.05) is 0 Å². The monoisotopic (exact) mass is 1120 g/mol. The average molecular weight is 1120 g/mol. The maximum absolute atomic E-state index is 15.0. The van der Waals surface area contributed by atoms with Crippen molar-refractivity contribution in [3.63, 3.8) is 0 Å². The van der Waals surface area contributed by atoms with Gasteiger partial charge < -0.3 is 43.6 Å². The zero-order chi connectivity index (χ0) is 57.9. The van der Waals surface area contributed by atoms with E-state index in [1.165, 1.54) is 10.8 Å². The number of alkyl carbamates (subject to hydrolysis) is 1. The summed E-state index contributed by atoms with van der Waals surface area (Å²) in [6.07, 6.45) is 6.74. The number of H-pyrrole nitrogens is 1. The van der Waals surface area contributed by atoms with Crippen LogP contribution in [-0.4, -0.2) is 67.6 Å². The molecule has 0 bridgehead atoms. The summed E-state index contributed by atoms with van der Waals surface area (Å²) in [6.45, 7) is 22.4. The molecule has 0 aliphatic carbocycles. The van der Waals surface area contributed by atoms with E-state index in [0.717, 1.165) is 28.7 Å². The Morgan fingerprint density at radius 3 is 1.85 bits per heavy atom. The molecule has 0 saturated carbocycles. The highest BCUT2D eigenvalue weighted by Crippen LogP contribution is 2.39. The highest BCUT2D eigenvalue weighted by molar-refractivity contribution is 6.74. The lowest BCUT2D eigenvalue weighted by Gasteiger charge is -2.42. The number of hydrogen-bond acceptors (Lipinski definition) is 11. The molecule has 0 radical (unpaired) electrons. The van der Waals surface area contributed by atoms with Gasteiger partial charge in [-0.05, 0) is 77.9 Å². The number of aromatic amines is 1. The van der Waals surface area contributed by atoms with Crippen molar-refractivity contribution in [3.05, 3.63) is 198 Å². The number of nitrogens with zero attached hydrogens (tertiary/aromatic N) is 5. The molecule has 3 aromatic heterocycles. The van der Waals surface area contributed by atoms with E-state index in [-0.39, 0.29) is 49.1 Å². The standard InChI is InChI=1S/C64H84N8O8Si/c1-45(2)35-47(5)58(60-66-31-33-71(60)44-77-42-51-29-21-14-22-30-51)79-63(75)72-34-32-65-56(72)40-68-61(73)52(36-48-23-15-11-16-24-48)38-55(80-81(9,10)64(6,7)8)54(37-49-25-17-12-18-26-49)70-62(74)78-57(46(3)4)59-67-39-53(69-59)43-76-41-50-27-19-13-20-28-50/h11-34,39,45-47,52,54-55,57-58H,35-38,40-44H2,1-10H3,(H,67,69)(H,68,73)(H,70,74)/t47?,52-,54+,55+,57?,58?/m1/s1. The number of aromatic nitrogens is 6. The first kappa shape index (κ1) is 61.4. The number of carbonyl (C=O) groups is 3. The van der Waals surface area contributed by atoms with Crippen molar-refractivity contribution in [1.82, 2.24) is 39.7 Å². The molecule has 7 rings (SSSR count). The third-order valence-electron chi connectivity index (χ3n) is 14.9. The van der Waals surface area contributed by atoms with E-state index in [1.807, 2.05) is 146 Å². The normalized spacial score (nSPS) is 14.2. The molecule has 3 heterocycles. The summed E-state index contributed by atoms with van der Waals surface area (Å²) >= 11 is 0. The van der Waals surface area contributed by atoms with Crippen LogP contribution in [0, 0.1) is 23.7 Å². The molecule has 0 aliphatic heterocycles. The first-order valence-electron chi connectivity index (χ1n) is 28.4. The SMILES string of the molecule is CC(C)CC(C)C(OC(=O)n1ccnc1CNC(=O)[C@H](Cc1ccccc1)C[C@H](O[Si](C)(C)C(C)(C)C)[C@H](Cc1ccccc1)NC(=O)OC(c1nc(COCc2ccccc2)c[nH]1)C(C)C)c1nccn1COCc1ccccc1. The Labute approximate surface area is 479 Å². The molecule has 4 aromatic carbocycles. The van der Waals surface area contributed by atoms with Crippen molar-refractivity contribution in [3.8, 4) is 0 Å².